The number of fused-ring (bicyclic) bond motifs is 3. The largest absolute Gasteiger partial charge is 0.332 e. The number of aromatic nitrogens is 3. The Morgan fingerprint density at radius 2 is 1.70 bits per heavy atom. The average molecular weight is 574 g/mol. The van der Waals surface area contributed by atoms with Crippen molar-refractivity contribution in [3.05, 3.63) is 133 Å². The summed E-state index contributed by atoms with van der Waals surface area (Å²) in [6, 6.07) is 26.9. The number of amides is 1. The summed E-state index contributed by atoms with van der Waals surface area (Å²) in [4.78, 5) is 28.9. The van der Waals surface area contributed by atoms with Crippen LogP contribution in [0.15, 0.2) is 94.2 Å². The molecule has 37 heavy (non-hydrogen) atoms. The lowest BCUT2D eigenvalue weighted by molar-refractivity contribution is 0.0729. The van der Waals surface area contributed by atoms with Crippen LogP contribution in [0.4, 0.5) is 0 Å². The molecule has 1 aliphatic heterocycles. The predicted molar refractivity (Wildman–Crippen MR) is 148 cm³/mol. The molecule has 2 aromatic heterocycles. The molecule has 1 amide bonds. The van der Waals surface area contributed by atoms with Crippen molar-refractivity contribution in [3.63, 3.8) is 0 Å². The molecule has 0 N–H and O–H groups in total. The number of hydrogen-bond acceptors (Lipinski definition) is 3. The highest BCUT2D eigenvalue weighted by atomic mass is 79.9. The molecule has 184 valence electrons. The predicted octanol–water partition coefficient (Wildman–Crippen LogP) is 5.69. The highest BCUT2D eigenvalue weighted by Gasteiger charge is 2.28. The first-order valence-electron chi connectivity index (χ1n) is 12.0. The minimum Gasteiger partial charge on any atom is -0.332 e. The number of benzene rings is 3. The molecule has 5 aromatic rings. The molecule has 0 unspecified atom stereocenters. The summed E-state index contributed by atoms with van der Waals surface area (Å²) in [7, 11) is 0. The van der Waals surface area contributed by atoms with Gasteiger partial charge in [-0.15, -0.1) is 0 Å². The van der Waals surface area contributed by atoms with Crippen LogP contribution >= 0.6 is 27.5 Å². The van der Waals surface area contributed by atoms with Crippen LogP contribution in [0.1, 0.15) is 32.9 Å². The second-order valence-corrected chi connectivity index (χ2v) is 10.3. The Kier molecular flexibility index (Phi) is 6.18. The van der Waals surface area contributed by atoms with Crippen molar-refractivity contribution in [3.8, 4) is 5.69 Å². The quantitative estimate of drug-likeness (QED) is 0.278. The molecule has 6 rings (SSSR count). The third-order valence-electron chi connectivity index (χ3n) is 6.70. The molecule has 0 fully saturated rings. The lowest BCUT2D eigenvalue weighted by Gasteiger charge is -2.29. The molecule has 3 heterocycles. The molecule has 0 aliphatic carbocycles. The molecule has 6 nitrogen and oxygen atoms in total. The van der Waals surface area contributed by atoms with Crippen LogP contribution in [0.5, 0.6) is 0 Å². The third kappa shape index (κ3) is 4.38. The molecule has 0 spiro atoms. The summed E-state index contributed by atoms with van der Waals surface area (Å²) in [6.45, 7) is 0.725. The zero-order chi connectivity index (χ0) is 25.5. The van der Waals surface area contributed by atoms with Crippen molar-refractivity contribution >= 4 is 39.1 Å². The summed E-state index contributed by atoms with van der Waals surface area (Å²) in [5, 5.41) is 5.41. The molecule has 0 saturated heterocycles. The molecule has 0 saturated carbocycles. The lowest BCUT2D eigenvalue weighted by atomic mass is 10.0. The molecular formula is C29H22BrClN4O2. The van der Waals surface area contributed by atoms with Crippen LogP contribution in [0.2, 0.25) is 5.02 Å². The van der Waals surface area contributed by atoms with Gasteiger partial charge >= 0.3 is 0 Å². The topological polar surface area (TPSA) is 59.6 Å². The van der Waals surface area contributed by atoms with Gasteiger partial charge in [-0.2, -0.15) is 5.10 Å². The average Bonchev–Trinajstić information content (AvgIpc) is 3.34. The molecule has 3 aromatic carbocycles. The van der Waals surface area contributed by atoms with E-state index in [4.69, 9.17) is 16.7 Å². The second kappa shape index (κ2) is 9.65. The van der Waals surface area contributed by atoms with Gasteiger partial charge in [0.25, 0.3) is 11.5 Å². The summed E-state index contributed by atoms with van der Waals surface area (Å²) >= 11 is 9.62. The van der Waals surface area contributed by atoms with E-state index >= 15 is 0 Å². The Balaban J connectivity index is 1.47. The Labute approximate surface area is 226 Å². The molecule has 0 atom stereocenters. The summed E-state index contributed by atoms with van der Waals surface area (Å²) in [5.74, 6) is -0.128. The van der Waals surface area contributed by atoms with Crippen molar-refractivity contribution in [1.29, 1.82) is 0 Å². The Hall–Kier alpha value is -3.68. The maximum atomic E-state index is 13.8. The van der Waals surface area contributed by atoms with Crippen LogP contribution < -0.4 is 5.56 Å². The molecule has 0 bridgehead atoms. The van der Waals surface area contributed by atoms with Crippen LogP contribution in [-0.2, 0) is 19.4 Å². The van der Waals surface area contributed by atoms with Crippen LogP contribution in [0, 0.1) is 0 Å². The van der Waals surface area contributed by atoms with E-state index in [0.29, 0.717) is 41.2 Å². The Morgan fingerprint density at radius 3 is 2.43 bits per heavy atom. The Bertz CT molecular complexity index is 1700. The summed E-state index contributed by atoms with van der Waals surface area (Å²) in [6.07, 6.45) is 1.08. The van der Waals surface area contributed by atoms with Gasteiger partial charge in [-0.25, -0.2) is 4.52 Å². The maximum absolute atomic E-state index is 13.8. The normalized spacial score (nSPS) is 13.1. The van der Waals surface area contributed by atoms with Gasteiger partial charge < -0.3 is 4.90 Å². The van der Waals surface area contributed by atoms with E-state index in [1.807, 2.05) is 59.1 Å². The van der Waals surface area contributed by atoms with Crippen LogP contribution in [0.3, 0.4) is 0 Å². The van der Waals surface area contributed by atoms with Gasteiger partial charge in [-0.3, -0.25) is 14.2 Å². The smallest absolute Gasteiger partial charge is 0.261 e. The van der Waals surface area contributed by atoms with Crippen LogP contribution in [-0.4, -0.2) is 31.5 Å². The van der Waals surface area contributed by atoms with Gasteiger partial charge in [0.15, 0.2) is 0 Å². The number of para-hydroxylation sites is 1. The molecule has 8 heteroatoms. The fourth-order valence-corrected chi connectivity index (χ4v) is 5.32. The monoisotopic (exact) mass is 572 g/mol. The molecular weight excluding hydrogens is 552 g/mol. The first-order valence-corrected chi connectivity index (χ1v) is 13.2. The van der Waals surface area contributed by atoms with E-state index < -0.39 is 0 Å². The minimum atomic E-state index is -0.128. The van der Waals surface area contributed by atoms with Gasteiger partial charge in [0.2, 0.25) is 0 Å². The van der Waals surface area contributed by atoms with Crippen molar-refractivity contribution in [1.82, 2.24) is 19.1 Å². The zero-order valence-electron chi connectivity index (χ0n) is 19.8. The second-order valence-electron chi connectivity index (χ2n) is 9.08. The lowest BCUT2D eigenvalue weighted by Crippen LogP contribution is -2.41. The van der Waals surface area contributed by atoms with Gasteiger partial charge in [-0.05, 0) is 58.2 Å². The first kappa shape index (κ1) is 23.7. The standard InChI is InChI=1S/C29H22BrClN4O2/c30-24-12-11-20(16-25(24)31)28(36)33-14-13-23-26(18-33)35-27(34(29(23)37)22-9-5-2-6-10-22)17-21(32-35)15-19-7-3-1-4-8-19/h1-12,16-17H,13-15,18H2. The van der Waals surface area contributed by atoms with Gasteiger partial charge in [0, 0.05) is 34.6 Å². The fourth-order valence-electron chi connectivity index (χ4n) is 4.89. The molecule has 0 radical (unpaired) electrons. The zero-order valence-corrected chi connectivity index (χ0v) is 22.1. The van der Waals surface area contributed by atoms with Gasteiger partial charge in [0.05, 0.1) is 28.6 Å². The highest BCUT2D eigenvalue weighted by Crippen LogP contribution is 2.26. The van der Waals surface area contributed by atoms with Crippen molar-refractivity contribution in [2.75, 3.05) is 6.54 Å². The number of carbonyl (C=O) groups excluding carboxylic acids is 1. The first-order chi connectivity index (χ1) is 18.0. The number of hydrogen-bond donors (Lipinski definition) is 0. The number of nitrogens with zero attached hydrogens (tertiary/aromatic N) is 4. The van der Waals surface area contributed by atoms with E-state index in [1.54, 1.807) is 27.7 Å². The molecule has 1 aliphatic rings. The minimum absolute atomic E-state index is 0.0707. The van der Waals surface area contributed by atoms with Gasteiger partial charge in [-0.1, -0.05) is 60.1 Å². The van der Waals surface area contributed by atoms with E-state index in [2.05, 4.69) is 28.1 Å². The van der Waals surface area contributed by atoms with Crippen molar-refractivity contribution in [2.24, 2.45) is 0 Å². The SMILES string of the molecule is O=C(c1ccc(Br)c(Cl)c1)N1CCc2c(n3nc(Cc4ccccc4)cc3n(-c3ccccc3)c2=O)C1. The van der Waals surface area contributed by atoms with Crippen molar-refractivity contribution < 1.29 is 4.79 Å². The van der Waals surface area contributed by atoms with E-state index in [1.165, 1.54) is 0 Å². The van der Waals surface area contributed by atoms with E-state index in [-0.39, 0.29) is 18.0 Å². The summed E-state index contributed by atoms with van der Waals surface area (Å²) < 4.78 is 4.31. The summed E-state index contributed by atoms with van der Waals surface area (Å²) in [5.41, 5.74) is 5.33. The number of halogens is 2. The highest BCUT2D eigenvalue weighted by molar-refractivity contribution is 9.10. The van der Waals surface area contributed by atoms with E-state index in [0.717, 1.165) is 27.1 Å². The van der Waals surface area contributed by atoms with Gasteiger partial charge in [0.1, 0.15) is 5.65 Å². The van der Waals surface area contributed by atoms with E-state index in [9.17, 15) is 9.59 Å². The number of rotatable bonds is 4. The number of carbonyl (C=O) groups is 1. The van der Waals surface area contributed by atoms with Crippen LogP contribution in [0.25, 0.3) is 11.3 Å². The van der Waals surface area contributed by atoms with Crippen molar-refractivity contribution in [2.45, 2.75) is 19.4 Å². The fraction of sp³-hybridized carbons (Fsp3) is 0.138. The maximum Gasteiger partial charge on any atom is 0.261 e. The third-order valence-corrected chi connectivity index (χ3v) is 7.94. The Morgan fingerprint density at radius 1 is 0.973 bits per heavy atom.